The Hall–Kier alpha value is -2.02. The molecule has 2 amide bonds. The second-order valence-electron chi connectivity index (χ2n) is 8.68. The third-order valence-corrected chi connectivity index (χ3v) is 6.09. The molecule has 1 aromatic rings. The van der Waals surface area contributed by atoms with Crippen LogP contribution >= 0.6 is 11.8 Å². The molecule has 1 aliphatic rings. The summed E-state index contributed by atoms with van der Waals surface area (Å²) >= 11 is 1.70. The van der Waals surface area contributed by atoms with Crippen LogP contribution in [0.25, 0.3) is 0 Å². The van der Waals surface area contributed by atoms with Gasteiger partial charge in [0.1, 0.15) is 11.6 Å². The maximum absolute atomic E-state index is 13.2. The molecule has 6 nitrogen and oxygen atoms in total. The third-order valence-electron chi connectivity index (χ3n) is 4.88. The van der Waals surface area contributed by atoms with Crippen molar-refractivity contribution in [2.24, 2.45) is 10.9 Å². The lowest BCUT2D eigenvalue weighted by Gasteiger charge is -2.29. The summed E-state index contributed by atoms with van der Waals surface area (Å²) in [5, 5.41) is 6.89. The molecule has 7 heteroatoms. The minimum atomic E-state index is -0.669. The van der Waals surface area contributed by atoms with Gasteiger partial charge in [-0.2, -0.15) is 0 Å². The molecular formula is C23H35N3O3S. The Morgan fingerprint density at radius 1 is 1.20 bits per heavy atom. The number of carbonyl (C=O) groups excluding carboxylic acids is 2. The van der Waals surface area contributed by atoms with Crippen LogP contribution in [0.2, 0.25) is 0 Å². The van der Waals surface area contributed by atoms with Crippen molar-refractivity contribution in [2.45, 2.75) is 71.6 Å². The molecule has 1 heterocycles. The van der Waals surface area contributed by atoms with Gasteiger partial charge < -0.3 is 15.4 Å². The zero-order chi connectivity index (χ0) is 22.1. The Balaban J connectivity index is 2.16. The van der Waals surface area contributed by atoms with E-state index in [4.69, 9.17) is 4.74 Å². The van der Waals surface area contributed by atoms with Crippen LogP contribution in [0, 0.1) is 5.92 Å². The molecule has 0 aliphatic carbocycles. The zero-order valence-corrected chi connectivity index (χ0v) is 19.6. The Morgan fingerprint density at radius 2 is 1.90 bits per heavy atom. The first-order chi connectivity index (χ1) is 14.2. The second-order valence-corrected chi connectivity index (χ2v) is 9.80. The summed E-state index contributed by atoms with van der Waals surface area (Å²) in [4.78, 5) is 30.2. The van der Waals surface area contributed by atoms with Crippen molar-refractivity contribution in [3.05, 3.63) is 35.9 Å². The van der Waals surface area contributed by atoms with Gasteiger partial charge in [-0.1, -0.05) is 50.6 Å². The summed E-state index contributed by atoms with van der Waals surface area (Å²) in [5.74, 6) is 0.770. The van der Waals surface area contributed by atoms with Crippen molar-refractivity contribution in [2.75, 3.05) is 12.3 Å². The van der Waals surface area contributed by atoms with Gasteiger partial charge in [0.05, 0.1) is 11.1 Å². The number of hydrogen-bond acceptors (Lipinski definition) is 5. The van der Waals surface area contributed by atoms with E-state index in [-0.39, 0.29) is 17.9 Å². The Morgan fingerprint density at radius 3 is 2.47 bits per heavy atom. The average Bonchev–Trinajstić information content (AvgIpc) is 2.71. The number of benzene rings is 1. The highest BCUT2D eigenvalue weighted by Gasteiger charge is 2.31. The predicted molar refractivity (Wildman–Crippen MR) is 124 cm³/mol. The minimum Gasteiger partial charge on any atom is -0.444 e. The van der Waals surface area contributed by atoms with Crippen LogP contribution in [0.15, 0.2) is 35.3 Å². The number of thioether (sulfide) groups is 1. The van der Waals surface area contributed by atoms with Gasteiger partial charge in [0.15, 0.2) is 0 Å². The van der Waals surface area contributed by atoms with E-state index in [0.29, 0.717) is 6.42 Å². The van der Waals surface area contributed by atoms with Crippen molar-refractivity contribution in [3.8, 4) is 0 Å². The van der Waals surface area contributed by atoms with E-state index in [1.807, 2.05) is 32.0 Å². The maximum Gasteiger partial charge on any atom is 0.408 e. The fourth-order valence-electron chi connectivity index (χ4n) is 3.13. The first-order valence-electron chi connectivity index (χ1n) is 10.7. The number of rotatable bonds is 8. The quantitative estimate of drug-likeness (QED) is 0.644. The van der Waals surface area contributed by atoms with Crippen molar-refractivity contribution in [1.29, 1.82) is 0 Å². The molecule has 166 valence electrons. The molecule has 0 radical (unpaired) electrons. The summed E-state index contributed by atoms with van der Waals surface area (Å²) < 4.78 is 5.37. The number of aliphatic imine (C=N–C) groups is 1. The fraction of sp³-hybridized carbons (Fsp3) is 0.609. The smallest absolute Gasteiger partial charge is 0.408 e. The molecule has 2 rings (SSSR count). The average molecular weight is 434 g/mol. The van der Waals surface area contributed by atoms with Crippen LogP contribution in [0.5, 0.6) is 0 Å². The monoisotopic (exact) mass is 433 g/mol. The zero-order valence-electron chi connectivity index (χ0n) is 18.7. The highest BCUT2D eigenvalue weighted by molar-refractivity contribution is 8.14. The van der Waals surface area contributed by atoms with E-state index in [9.17, 15) is 9.59 Å². The van der Waals surface area contributed by atoms with E-state index in [1.165, 1.54) is 0 Å². The van der Waals surface area contributed by atoms with Crippen LogP contribution in [0.3, 0.4) is 0 Å². The fourth-order valence-corrected chi connectivity index (χ4v) is 4.14. The molecule has 1 aliphatic heterocycles. The second kappa shape index (κ2) is 11.4. The van der Waals surface area contributed by atoms with Crippen LogP contribution in [0.4, 0.5) is 4.79 Å². The van der Waals surface area contributed by atoms with Crippen LogP contribution in [-0.2, 0) is 16.0 Å². The van der Waals surface area contributed by atoms with Crippen molar-refractivity contribution in [3.63, 3.8) is 0 Å². The molecular weight excluding hydrogens is 398 g/mol. The number of nitrogens with zero attached hydrogens (tertiary/aromatic N) is 1. The highest BCUT2D eigenvalue weighted by atomic mass is 32.2. The van der Waals surface area contributed by atoms with E-state index >= 15 is 0 Å². The number of amides is 2. The van der Waals surface area contributed by atoms with Crippen molar-refractivity contribution in [1.82, 2.24) is 10.6 Å². The van der Waals surface area contributed by atoms with Gasteiger partial charge in [0.2, 0.25) is 5.91 Å². The van der Waals surface area contributed by atoms with Crippen molar-refractivity contribution < 1.29 is 14.3 Å². The van der Waals surface area contributed by atoms with Gasteiger partial charge in [-0.05, 0) is 45.1 Å². The number of nitrogens with one attached hydrogen (secondary N) is 2. The van der Waals surface area contributed by atoms with E-state index < -0.39 is 17.7 Å². The standard InChI is InChI=1S/C23H35N3O3S/c1-6-16(2)19(26-22(28)29-23(3,4)5)20(27)25-18(21-24-13-10-14-30-21)15-17-11-8-7-9-12-17/h7-9,11-12,16,18-19H,6,10,13-15H2,1-5H3,(H,25,27)(H,26,28)/t16-,18-,19-/m0/s1. The number of alkyl carbamates (subject to hydrolysis) is 1. The van der Waals surface area contributed by atoms with Gasteiger partial charge in [0.25, 0.3) is 0 Å². The lowest BCUT2D eigenvalue weighted by molar-refractivity contribution is -0.124. The summed E-state index contributed by atoms with van der Waals surface area (Å²) in [7, 11) is 0. The normalized spacial score (nSPS) is 17.3. The predicted octanol–water partition coefficient (Wildman–Crippen LogP) is 4.19. The molecule has 0 saturated heterocycles. The molecule has 1 aromatic carbocycles. The van der Waals surface area contributed by atoms with Gasteiger partial charge in [-0.25, -0.2) is 4.79 Å². The van der Waals surface area contributed by atoms with Gasteiger partial charge in [0, 0.05) is 12.3 Å². The first-order valence-corrected chi connectivity index (χ1v) is 11.7. The number of ether oxygens (including phenoxy) is 1. The summed E-state index contributed by atoms with van der Waals surface area (Å²) in [6, 6.07) is 9.20. The van der Waals surface area contributed by atoms with E-state index in [1.54, 1.807) is 32.5 Å². The molecule has 0 saturated carbocycles. The summed E-state index contributed by atoms with van der Waals surface area (Å²) in [6.45, 7) is 10.2. The van der Waals surface area contributed by atoms with E-state index in [2.05, 4.69) is 27.8 Å². The largest absolute Gasteiger partial charge is 0.444 e. The first kappa shape index (κ1) is 24.3. The minimum absolute atomic E-state index is 0.0316. The number of hydrogen-bond donors (Lipinski definition) is 2. The lowest BCUT2D eigenvalue weighted by Crippen LogP contribution is -2.55. The Kier molecular flexibility index (Phi) is 9.21. The Bertz CT molecular complexity index is 731. The Labute approximate surface area is 184 Å². The molecule has 30 heavy (non-hydrogen) atoms. The highest BCUT2D eigenvalue weighted by Crippen LogP contribution is 2.19. The topological polar surface area (TPSA) is 79.8 Å². The SMILES string of the molecule is CC[C@H](C)[C@H](NC(=O)OC(C)(C)C)C(=O)N[C@@H](Cc1ccccc1)C1=NCCCS1. The summed E-state index contributed by atoms with van der Waals surface area (Å²) in [6.07, 6.45) is 1.90. The van der Waals surface area contributed by atoms with Gasteiger partial charge in [-0.3, -0.25) is 9.79 Å². The third kappa shape index (κ3) is 8.01. The van der Waals surface area contributed by atoms with Gasteiger partial charge >= 0.3 is 6.09 Å². The number of carbonyl (C=O) groups is 2. The lowest BCUT2D eigenvalue weighted by atomic mass is 9.97. The molecule has 0 unspecified atom stereocenters. The van der Waals surface area contributed by atoms with E-state index in [0.717, 1.165) is 35.7 Å². The van der Waals surface area contributed by atoms with Crippen LogP contribution in [0.1, 0.15) is 53.0 Å². The maximum atomic E-state index is 13.2. The van der Waals surface area contributed by atoms with Crippen LogP contribution in [-0.4, -0.2) is 47.0 Å². The molecule has 0 aromatic heterocycles. The van der Waals surface area contributed by atoms with Crippen molar-refractivity contribution >= 4 is 28.8 Å². The molecule has 3 atom stereocenters. The summed E-state index contributed by atoms with van der Waals surface area (Å²) in [5.41, 5.74) is 0.515. The van der Waals surface area contributed by atoms with Crippen LogP contribution < -0.4 is 10.6 Å². The molecule has 2 N–H and O–H groups in total. The molecule has 0 fully saturated rings. The molecule has 0 spiro atoms. The molecule has 0 bridgehead atoms. The van der Waals surface area contributed by atoms with Gasteiger partial charge in [-0.15, -0.1) is 11.8 Å².